The Kier molecular flexibility index (Phi) is 5.31. The van der Waals surface area contributed by atoms with E-state index in [2.05, 4.69) is 16.9 Å². The monoisotopic (exact) mass is 253 g/mol. The molecular formula is C13H23N3O2. The van der Waals surface area contributed by atoms with Crippen LogP contribution < -0.4 is 0 Å². The maximum Gasteiger partial charge on any atom is 0.410 e. The highest BCUT2D eigenvalue weighted by Crippen LogP contribution is 2.20. The average Bonchev–Trinajstić information content (AvgIpc) is 2.27. The van der Waals surface area contributed by atoms with Gasteiger partial charge in [-0.25, -0.2) is 4.79 Å². The van der Waals surface area contributed by atoms with Crippen LogP contribution in [0.5, 0.6) is 0 Å². The van der Waals surface area contributed by atoms with E-state index in [1.165, 1.54) is 0 Å². The number of hydrogen-bond donors (Lipinski definition) is 0. The van der Waals surface area contributed by atoms with Crippen LogP contribution >= 0.6 is 0 Å². The molecule has 0 aromatic carbocycles. The Bertz CT molecular complexity index is 321. The maximum absolute atomic E-state index is 11.9. The molecule has 0 aromatic rings. The van der Waals surface area contributed by atoms with Gasteiger partial charge in [0.2, 0.25) is 0 Å². The minimum absolute atomic E-state index is 0.217. The zero-order valence-electron chi connectivity index (χ0n) is 11.6. The zero-order valence-corrected chi connectivity index (χ0v) is 11.6. The predicted octanol–water partition coefficient (Wildman–Crippen LogP) is 2.71. The second kappa shape index (κ2) is 6.52. The highest BCUT2D eigenvalue weighted by atomic mass is 16.6. The molecule has 18 heavy (non-hydrogen) atoms. The molecule has 0 aromatic heterocycles. The van der Waals surface area contributed by atoms with E-state index in [0.717, 1.165) is 32.4 Å². The molecule has 0 aliphatic carbocycles. The van der Waals surface area contributed by atoms with Crippen LogP contribution in [0.2, 0.25) is 0 Å². The Morgan fingerprint density at radius 2 is 2.28 bits per heavy atom. The SMILES string of the molecule is C=N/N=C/CC1CCCN(C(=O)OC(C)(C)C)C1. The van der Waals surface area contributed by atoms with Gasteiger partial charge >= 0.3 is 6.09 Å². The number of carbonyl (C=O) groups excluding carboxylic acids is 1. The van der Waals surface area contributed by atoms with Gasteiger partial charge in [-0.15, -0.1) is 0 Å². The fourth-order valence-electron chi connectivity index (χ4n) is 2.00. The second-order valence-electron chi connectivity index (χ2n) is 5.61. The molecule has 0 saturated carbocycles. The third-order valence-electron chi connectivity index (χ3n) is 2.77. The molecule has 1 amide bonds. The molecule has 1 atom stereocenters. The van der Waals surface area contributed by atoms with Crippen LogP contribution in [-0.4, -0.2) is 42.6 Å². The number of amides is 1. The summed E-state index contributed by atoms with van der Waals surface area (Å²) in [7, 11) is 0. The molecule has 5 heteroatoms. The number of rotatable bonds is 3. The summed E-state index contributed by atoms with van der Waals surface area (Å²) in [6, 6.07) is 0. The summed E-state index contributed by atoms with van der Waals surface area (Å²) in [4.78, 5) is 13.7. The fraction of sp³-hybridized carbons (Fsp3) is 0.769. The smallest absolute Gasteiger partial charge is 0.410 e. The van der Waals surface area contributed by atoms with Crippen LogP contribution in [0.25, 0.3) is 0 Å². The van der Waals surface area contributed by atoms with Crippen LogP contribution in [0.1, 0.15) is 40.0 Å². The first-order valence-electron chi connectivity index (χ1n) is 6.38. The molecule has 1 unspecified atom stereocenters. The highest BCUT2D eigenvalue weighted by Gasteiger charge is 2.27. The van der Waals surface area contributed by atoms with E-state index in [9.17, 15) is 4.79 Å². The molecular weight excluding hydrogens is 230 g/mol. The van der Waals surface area contributed by atoms with Crippen LogP contribution in [-0.2, 0) is 4.74 Å². The van der Waals surface area contributed by atoms with Gasteiger partial charge in [0.25, 0.3) is 0 Å². The van der Waals surface area contributed by atoms with Crippen molar-refractivity contribution in [3.05, 3.63) is 0 Å². The minimum Gasteiger partial charge on any atom is -0.444 e. The number of hydrogen-bond acceptors (Lipinski definition) is 4. The molecule has 5 nitrogen and oxygen atoms in total. The maximum atomic E-state index is 11.9. The number of ether oxygens (including phenoxy) is 1. The lowest BCUT2D eigenvalue weighted by Gasteiger charge is -2.33. The molecule has 0 spiro atoms. The molecule has 1 saturated heterocycles. The van der Waals surface area contributed by atoms with Crippen molar-refractivity contribution in [1.29, 1.82) is 0 Å². The van der Waals surface area contributed by atoms with E-state index in [1.54, 1.807) is 11.1 Å². The Morgan fingerprint density at radius 3 is 2.89 bits per heavy atom. The van der Waals surface area contributed by atoms with Gasteiger partial charge in [0, 0.05) is 26.0 Å². The van der Waals surface area contributed by atoms with Crippen molar-refractivity contribution in [2.45, 2.75) is 45.6 Å². The summed E-state index contributed by atoms with van der Waals surface area (Å²) in [5, 5.41) is 7.19. The molecule has 0 N–H and O–H groups in total. The first-order valence-corrected chi connectivity index (χ1v) is 6.38. The zero-order chi connectivity index (χ0) is 13.6. The first kappa shape index (κ1) is 14.7. The summed E-state index contributed by atoms with van der Waals surface area (Å²) in [6.45, 7) is 10.5. The summed E-state index contributed by atoms with van der Waals surface area (Å²) in [6.07, 6.45) is 4.50. The average molecular weight is 253 g/mol. The topological polar surface area (TPSA) is 54.3 Å². The van der Waals surface area contributed by atoms with Gasteiger partial charge in [-0.05, 0) is 46.0 Å². The summed E-state index contributed by atoms with van der Waals surface area (Å²) in [5.74, 6) is 0.441. The van der Waals surface area contributed by atoms with Crippen molar-refractivity contribution in [3.63, 3.8) is 0 Å². The lowest BCUT2D eigenvalue weighted by atomic mass is 9.96. The Balaban J connectivity index is 2.45. The van der Waals surface area contributed by atoms with Gasteiger partial charge in [-0.3, -0.25) is 0 Å². The van der Waals surface area contributed by atoms with Gasteiger partial charge in [-0.1, -0.05) is 0 Å². The first-order chi connectivity index (χ1) is 8.42. The van der Waals surface area contributed by atoms with Gasteiger partial charge in [-0.2, -0.15) is 10.2 Å². The third-order valence-corrected chi connectivity index (χ3v) is 2.77. The van der Waals surface area contributed by atoms with Crippen molar-refractivity contribution >= 4 is 19.0 Å². The quantitative estimate of drug-likeness (QED) is 0.573. The van der Waals surface area contributed by atoms with Gasteiger partial charge in [0.1, 0.15) is 5.60 Å². The van der Waals surface area contributed by atoms with Crippen LogP contribution in [0.15, 0.2) is 10.2 Å². The lowest BCUT2D eigenvalue weighted by Crippen LogP contribution is -2.42. The minimum atomic E-state index is -0.432. The predicted molar refractivity (Wildman–Crippen MR) is 73.2 cm³/mol. The van der Waals surface area contributed by atoms with E-state index in [1.807, 2.05) is 20.8 Å². The van der Waals surface area contributed by atoms with Crippen molar-refractivity contribution in [1.82, 2.24) is 4.90 Å². The molecule has 1 aliphatic rings. The normalized spacial score (nSPS) is 21.1. The standard InChI is InChI=1S/C13H23N3O2/c1-13(2,3)18-12(17)16-9-5-6-11(10-16)7-8-15-14-4/h8,11H,4-7,9-10H2,1-3H3/b15-8+. The molecule has 1 rings (SSSR count). The van der Waals surface area contributed by atoms with Crippen LogP contribution in [0.4, 0.5) is 4.79 Å². The third kappa shape index (κ3) is 5.29. The Labute approximate surface area is 109 Å². The Morgan fingerprint density at radius 1 is 1.56 bits per heavy atom. The van der Waals surface area contributed by atoms with Crippen molar-refractivity contribution in [2.75, 3.05) is 13.1 Å². The summed E-state index contributed by atoms with van der Waals surface area (Å²) >= 11 is 0. The second-order valence-corrected chi connectivity index (χ2v) is 5.61. The molecule has 1 fully saturated rings. The fourth-order valence-corrected chi connectivity index (χ4v) is 2.00. The number of likely N-dealkylation sites (tertiary alicyclic amines) is 1. The summed E-state index contributed by atoms with van der Waals surface area (Å²) in [5.41, 5.74) is -0.432. The van der Waals surface area contributed by atoms with Crippen molar-refractivity contribution < 1.29 is 9.53 Å². The van der Waals surface area contributed by atoms with Crippen LogP contribution in [0, 0.1) is 5.92 Å². The molecule has 102 valence electrons. The largest absolute Gasteiger partial charge is 0.444 e. The molecule has 0 radical (unpaired) electrons. The number of nitrogens with zero attached hydrogens (tertiary/aromatic N) is 3. The van der Waals surface area contributed by atoms with Gasteiger partial charge in [0.15, 0.2) is 0 Å². The van der Waals surface area contributed by atoms with E-state index >= 15 is 0 Å². The van der Waals surface area contributed by atoms with E-state index < -0.39 is 5.60 Å². The van der Waals surface area contributed by atoms with E-state index in [0.29, 0.717) is 5.92 Å². The molecule has 1 heterocycles. The van der Waals surface area contributed by atoms with Crippen LogP contribution in [0.3, 0.4) is 0 Å². The van der Waals surface area contributed by atoms with Gasteiger partial charge < -0.3 is 9.64 Å². The number of carbonyl (C=O) groups is 1. The molecule has 1 aliphatic heterocycles. The lowest BCUT2D eigenvalue weighted by molar-refractivity contribution is 0.0170. The van der Waals surface area contributed by atoms with Crippen molar-refractivity contribution in [2.24, 2.45) is 16.1 Å². The summed E-state index contributed by atoms with van der Waals surface area (Å²) < 4.78 is 5.38. The highest BCUT2D eigenvalue weighted by molar-refractivity contribution is 5.68. The van der Waals surface area contributed by atoms with E-state index in [4.69, 9.17) is 4.74 Å². The number of piperidine rings is 1. The van der Waals surface area contributed by atoms with Gasteiger partial charge in [0.05, 0.1) is 0 Å². The molecule has 0 bridgehead atoms. The van der Waals surface area contributed by atoms with E-state index in [-0.39, 0.29) is 6.09 Å². The Hall–Kier alpha value is -1.39. The van der Waals surface area contributed by atoms with Crippen molar-refractivity contribution in [3.8, 4) is 0 Å².